The molecule has 0 bridgehead atoms. The van der Waals surface area contributed by atoms with Crippen LogP contribution in [0.25, 0.3) is 0 Å². The highest BCUT2D eigenvalue weighted by Gasteiger charge is 2.22. The molecule has 0 atom stereocenters. The fraction of sp³-hybridized carbons (Fsp3) is 0.722. The van der Waals surface area contributed by atoms with Crippen LogP contribution < -0.4 is 10.6 Å². The first kappa shape index (κ1) is 19.7. The van der Waals surface area contributed by atoms with Gasteiger partial charge >= 0.3 is 0 Å². The van der Waals surface area contributed by atoms with E-state index in [1.54, 1.807) is 18.4 Å². The van der Waals surface area contributed by atoms with Gasteiger partial charge in [0, 0.05) is 57.1 Å². The monoisotopic (exact) mass is 365 g/mol. The van der Waals surface area contributed by atoms with Crippen LogP contribution in [0.15, 0.2) is 10.4 Å². The van der Waals surface area contributed by atoms with Gasteiger partial charge in [-0.15, -0.1) is 11.3 Å². The number of amides is 1. The summed E-state index contributed by atoms with van der Waals surface area (Å²) in [5.41, 5.74) is 1.11. The quantitative estimate of drug-likeness (QED) is 0.441. The fourth-order valence-electron chi connectivity index (χ4n) is 3.07. The average Bonchev–Trinajstić information content (AvgIpc) is 3.03. The molecule has 1 aliphatic rings. The molecule has 1 fully saturated rings. The first-order chi connectivity index (χ1) is 12.1. The molecule has 6 nitrogen and oxygen atoms in total. The molecule has 0 saturated carbocycles. The second-order valence-corrected chi connectivity index (χ2v) is 7.47. The SMILES string of the molecule is CCNC(=NCCCc1nc(C)cs1)N1CCC(CC(=O)NC)CC1. The first-order valence-corrected chi connectivity index (χ1v) is 10.1. The summed E-state index contributed by atoms with van der Waals surface area (Å²) < 4.78 is 0. The van der Waals surface area contributed by atoms with E-state index in [9.17, 15) is 4.79 Å². The highest BCUT2D eigenvalue weighted by molar-refractivity contribution is 7.09. The Bertz CT molecular complexity index is 564. The highest BCUT2D eigenvalue weighted by atomic mass is 32.1. The predicted molar refractivity (Wildman–Crippen MR) is 104 cm³/mol. The lowest BCUT2D eigenvalue weighted by molar-refractivity contribution is -0.121. The Labute approximate surface area is 155 Å². The zero-order valence-electron chi connectivity index (χ0n) is 15.7. The molecule has 25 heavy (non-hydrogen) atoms. The second-order valence-electron chi connectivity index (χ2n) is 6.53. The zero-order chi connectivity index (χ0) is 18.1. The largest absolute Gasteiger partial charge is 0.359 e. The van der Waals surface area contributed by atoms with E-state index in [0.717, 1.165) is 63.5 Å². The third-order valence-corrected chi connectivity index (χ3v) is 5.51. The maximum Gasteiger partial charge on any atom is 0.220 e. The molecule has 0 radical (unpaired) electrons. The van der Waals surface area contributed by atoms with Crippen molar-refractivity contribution in [1.82, 2.24) is 20.5 Å². The number of nitrogens with one attached hydrogen (secondary N) is 2. The average molecular weight is 366 g/mol. The van der Waals surface area contributed by atoms with Crippen LogP contribution in [0, 0.1) is 12.8 Å². The molecular formula is C18H31N5OS. The van der Waals surface area contributed by atoms with Crippen molar-refractivity contribution < 1.29 is 4.79 Å². The van der Waals surface area contributed by atoms with Crippen LogP contribution in [-0.2, 0) is 11.2 Å². The number of aryl methyl sites for hydroxylation is 2. The van der Waals surface area contributed by atoms with Crippen LogP contribution in [0.1, 0.15) is 43.3 Å². The summed E-state index contributed by atoms with van der Waals surface area (Å²) in [6.07, 6.45) is 4.77. The van der Waals surface area contributed by atoms with Gasteiger partial charge in [-0.25, -0.2) is 4.98 Å². The maximum absolute atomic E-state index is 11.5. The van der Waals surface area contributed by atoms with Crippen molar-refractivity contribution >= 4 is 23.2 Å². The summed E-state index contributed by atoms with van der Waals surface area (Å²) in [5, 5.41) is 9.43. The molecule has 0 aliphatic carbocycles. The minimum absolute atomic E-state index is 0.149. The summed E-state index contributed by atoms with van der Waals surface area (Å²) in [6, 6.07) is 0. The number of nitrogens with zero attached hydrogens (tertiary/aromatic N) is 3. The topological polar surface area (TPSA) is 69.6 Å². The number of aromatic nitrogens is 1. The summed E-state index contributed by atoms with van der Waals surface area (Å²) >= 11 is 1.74. The minimum atomic E-state index is 0.149. The van der Waals surface area contributed by atoms with Gasteiger partial charge in [-0.3, -0.25) is 9.79 Å². The Morgan fingerprint density at radius 3 is 2.80 bits per heavy atom. The van der Waals surface area contributed by atoms with Gasteiger partial charge in [0.1, 0.15) is 0 Å². The highest BCUT2D eigenvalue weighted by Crippen LogP contribution is 2.20. The van der Waals surface area contributed by atoms with Crippen LogP contribution in [0.4, 0.5) is 0 Å². The number of guanidine groups is 1. The van der Waals surface area contributed by atoms with Gasteiger partial charge in [-0.2, -0.15) is 0 Å². The second kappa shape index (κ2) is 10.4. The Hall–Kier alpha value is -1.63. The molecule has 2 rings (SSSR count). The maximum atomic E-state index is 11.5. The molecular weight excluding hydrogens is 334 g/mol. The summed E-state index contributed by atoms with van der Waals surface area (Å²) in [4.78, 5) is 23.2. The molecule has 1 aromatic rings. The number of piperidine rings is 1. The normalized spacial score (nSPS) is 16.1. The van der Waals surface area contributed by atoms with Gasteiger partial charge in [0.05, 0.1) is 5.01 Å². The molecule has 0 aromatic carbocycles. The van der Waals surface area contributed by atoms with Crippen molar-refractivity contribution in [2.75, 3.05) is 33.2 Å². The fourth-order valence-corrected chi connectivity index (χ4v) is 3.89. The molecule has 1 saturated heterocycles. The lowest BCUT2D eigenvalue weighted by atomic mass is 9.93. The third kappa shape index (κ3) is 6.65. The number of thiazole rings is 1. The van der Waals surface area contributed by atoms with E-state index in [1.165, 1.54) is 5.01 Å². The van der Waals surface area contributed by atoms with Crippen LogP contribution >= 0.6 is 11.3 Å². The molecule has 2 heterocycles. The smallest absolute Gasteiger partial charge is 0.220 e. The van der Waals surface area contributed by atoms with Gasteiger partial charge in [0.2, 0.25) is 5.91 Å². The van der Waals surface area contributed by atoms with Gasteiger partial charge in [0.15, 0.2) is 5.96 Å². The van der Waals surface area contributed by atoms with E-state index in [2.05, 4.69) is 32.8 Å². The Morgan fingerprint density at radius 1 is 1.44 bits per heavy atom. The molecule has 1 amide bonds. The molecule has 140 valence electrons. The lowest BCUT2D eigenvalue weighted by Crippen LogP contribution is -2.46. The summed E-state index contributed by atoms with van der Waals surface area (Å²) in [7, 11) is 1.71. The summed E-state index contributed by atoms with van der Waals surface area (Å²) in [6.45, 7) is 7.78. The van der Waals surface area contributed by atoms with Crippen LogP contribution in [0.3, 0.4) is 0 Å². The van der Waals surface area contributed by atoms with E-state index in [0.29, 0.717) is 12.3 Å². The number of likely N-dealkylation sites (tertiary alicyclic amines) is 1. The van der Waals surface area contributed by atoms with Gasteiger partial charge < -0.3 is 15.5 Å². The van der Waals surface area contributed by atoms with E-state index in [-0.39, 0.29) is 5.91 Å². The zero-order valence-corrected chi connectivity index (χ0v) is 16.5. The molecule has 1 aromatic heterocycles. The van der Waals surface area contributed by atoms with Crippen molar-refractivity contribution in [2.24, 2.45) is 10.9 Å². The summed E-state index contributed by atoms with van der Waals surface area (Å²) in [5.74, 6) is 1.65. The molecule has 0 spiro atoms. The van der Waals surface area contributed by atoms with E-state index < -0.39 is 0 Å². The third-order valence-electron chi connectivity index (χ3n) is 4.48. The number of hydrogen-bond donors (Lipinski definition) is 2. The van der Waals surface area contributed by atoms with Crippen LogP contribution in [0.5, 0.6) is 0 Å². The Kier molecular flexibility index (Phi) is 8.18. The Morgan fingerprint density at radius 2 is 2.20 bits per heavy atom. The van der Waals surface area contributed by atoms with Crippen molar-refractivity contribution in [3.8, 4) is 0 Å². The van der Waals surface area contributed by atoms with Gasteiger partial charge in [0.25, 0.3) is 0 Å². The van der Waals surface area contributed by atoms with E-state index in [4.69, 9.17) is 4.99 Å². The van der Waals surface area contributed by atoms with E-state index in [1.807, 2.05) is 6.92 Å². The standard InChI is InChI=1S/C18H31N5OS/c1-4-20-18(21-9-5-6-17-22-14(2)13-25-17)23-10-7-15(8-11-23)12-16(24)19-3/h13,15H,4-12H2,1-3H3,(H,19,24)(H,20,21). The van der Waals surface area contributed by atoms with E-state index >= 15 is 0 Å². The van der Waals surface area contributed by atoms with Crippen LogP contribution in [-0.4, -0.2) is 55.0 Å². The lowest BCUT2D eigenvalue weighted by Gasteiger charge is -2.34. The Balaban J connectivity index is 1.78. The predicted octanol–water partition coefficient (Wildman–Crippen LogP) is 2.20. The number of carbonyl (C=O) groups is 1. The first-order valence-electron chi connectivity index (χ1n) is 9.27. The van der Waals surface area contributed by atoms with Crippen molar-refractivity contribution in [1.29, 1.82) is 0 Å². The van der Waals surface area contributed by atoms with Crippen molar-refractivity contribution in [2.45, 2.75) is 46.0 Å². The molecule has 1 aliphatic heterocycles. The van der Waals surface area contributed by atoms with Gasteiger partial charge in [-0.05, 0) is 39.0 Å². The number of aliphatic imine (C=N–C) groups is 1. The van der Waals surface area contributed by atoms with Crippen LogP contribution in [0.2, 0.25) is 0 Å². The minimum Gasteiger partial charge on any atom is -0.359 e. The number of hydrogen-bond acceptors (Lipinski definition) is 4. The molecule has 7 heteroatoms. The van der Waals surface area contributed by atoms with Crippen molar-refractivity contribution in [3.05, 3.63) is 16.1 Å². The molecule has 2 N–H and O–H groups in total. The van der Waals surface area contributed by atoms with Gasteiger partial charge in [-0.1, -0.05) is 0 Å². The number of rotatable bonds is 7. The number of carbonyl (C=O) groups excluding carboxylic acids is 1. The molecule has 0 unspecified atom stereocenters. The van der Waals surface area contributed by atoms with Crippen molar-refractivity contribution in [3.63, 3.8) is 0 Å².